The van der Waals surface area contributed by atoms with Gasteiger partial charge in [-0.05, 0) is 41.8 Å². The standard InChI is InChI=1S/C19H18ClNO4/c20-16-5-7-17(8-6-16)24-13-19(23)25-12-18(22)21-10-9-14-3-1-2-4-15(14)11-21/h1-8H,9-13H2. The van der Waals surface area contributed by atoms with E-state index < -0.39 is 5.97 Å². The highest BCUT2D eigenvalue weighted by atomic mass is 35.5. The van der Waals surface area contributed by atoms with Gasteiger partial charge in [-0.15, -0.1) is 0 Å². The first-order chi connectivity index (χ1) is 12.1. The van der Waals surface area contributed by atoms with Gasteiger partial charge in [-0.25, -0.2) is 4.79 Å². The lowest BCUT2D eigenvalue weighted by atomic mass is 10.00. The number of halogens is 1. The molecule has 2 aromatic carbocycles. The Bertz CT molecular complexity index is 760. The van der Waals surface area contributed by atoms with E-state index in [-0.39, 0.29) is 19.1 Å². The molecule has 3 rings (SSSR count). The number of ether oxygens (including phenoxy) is 2. The molecular formula is C19H18ClNO4. The van der Waals surface area contributed by atoms with Gasteiger partial charge in [0.05, 0.1) is 0 Å². The van der Waals surface area contributed by atoms with Crippen LogP contribution in [-0.2, 0) is 27.3 Å². The Labute approximate surface area is 151 Å². The maximum Gasteiger partial charge on any atom is 0.344 e. The molecule has 0 atom stereocenters. The Morgan fingerprint density at radius 3 is 2.48 bits per heavy atom. The molecule has 0 saturated heterocycles. The van der Waals surface area contributed by atoms with Crippen LogP contribution in [0.4, 0.5) is 0 Å². The highest BCUT2D eigenvalue weighted by molar-refractivity contribution is 6.30. The van der Waals surface area contributed by atoms with Crippen LogP contribution in [0.25, 0.3) is 0 Å². The quantitative estimate of drug-likeness (QED) is 0.770. The number of carbonyl (C=O) groups is 2. The average molecular weight is 360 g/mol. The molecule has 6 heteroatoms. The van der Waals surface area contributed by atoms with Crippen molar-refractivity contribution >= 4 is 23.5 Å². The van der Waals surface area contributed by atoms with E-state index in [0.717, 1.165) is 12.0 Å². The van der Waals surface area contributed by atoms with Crippen molar-refractivity contribution in [2.75, 3.05) is 19.8 Å². The molecule has 0 saturated carbocycles. The summed E-state index contributed by atoms with van der Waals surface area (Å²) < 4.78 is 10.3. The van der Waals surface area contributed by atoms with E-state index in [1.807, 2.05) is 18.2 Å². The second-order valence-corrected chi connectivity index (χ2v) is 6.17. The van der Waals surface area contributed by atoms with E-state index in [9.17, 15) is 9.59 Å². The fourth-order valence-electron chi connectivity index (χ4n) is 2.66. The summed E-state index contributed by atoms with van der Waals surface area (Å²) in [5.74, 6) is -0.268. The highest BCUT2D eigenvalue weighted by Crippen LogP contribution is 2.18. The topological polar surface area (TPSA) is 55.8 Å². The molecule has 1 heterocycles. The summed E-state index contributed by atoms with van der Waals surface area (Å²) in [7, 11) is 0. The Balaban J connectivity index is 1.43. The normalized spacial score (nSPS) is 13.1. The molecule has 5 nitrogen and oxygen atoms in total. The minimum Gasteiger partial charge on any atom is -0.482 e. The van der Waals surface area contributed by atoms with Crippen LogP contribution in [0.15, 0.2) is 48.5 Å². The molecule has 0 spiro atoms. The fraction of sp³-hybridized carbons (Fsp3) is 0.263. The number of hydrogen-bond acceptors (Lipinski definition) is 4. The zero-order valence-corrected chi connectivity index (χ0v) is 14.4. The van der Waals surface area contributed by atoms with Gasteiger partial charge < -0.3 is 14.4 Å². The lowest BCUT2D eigenvalue weighted by Gasteiger charge is -2.28. The highest BCUT2D eigenvalue weighted by Gasteiger charge is 2.21. The van der Waals surface area contributed by atoms with Crippen molar-refractivity contribution in [3.05, 3.63) is 64.7 Å². The van der Waals surface area contributed by atoms with Gasteiger partial charge >= 0.3 is 5.97 Å². The first-order valence-corrected chi connectivity index (χ1v) is 8.38. The minimum absolute atomic E-state index is 0.200. The van der Waals surface area contributed by atoms with Crippen LogP contribution in [-0.4, -0.2) is 36.5 Å². The number of fused-ring (bicyclic) bond motifs is 1. The molecule has 1 aliphatic heterocycles. The molecule has 0 radical (unpaired) electrons. The van der Waals surface area contributed by atoms with Gasteiger partial charge in [0.15, 0.2) is 13.2 Å². The van der Waals surface area contributed by atoms with Crippen LogP contribution in [0, 0.1) is 0 Å². The summed E-state index contributed by atoms with van der Waals surface area (Å²) in [6, 6.07) is 14.7. The van der Waals surface area contributed by atoms with Crippen LogP contribution >= 0.6 is 11.6 Å². The van der Waals surface area contributed by atoms with Crippen molar-refractivity contribution in [2.24, 2.45) is 0 Å². The van der Waals surface area contributed by atoms with Crippen LogP contribution in [0.2, 0.25) is 5.02 Å². The van der Waals surface area contributed by atoms with Crippen LogP contribution < -0.4 is 4.74 Å². The number of carbonyl (C=O) groups excluding carboxylic acids is 2. The molecule has 1 aliphatic rings. The molecular weight excluding hydrogens is 342 g/mol. The van der Waals surface area contributed by atoms with E-state index in [4.69, 9.17) is 21.1 Å². The van der Waals surface area contributed by atoms with E-state index in [2.05, 4.69) is 6.07 Å². The van der Waals surface area contributed by atoms with Gasteiger partial charge in [-0.3, -0.25) is 4.79 Å². The lowest BCUT2D eigenvalue weighted by Crippen LogP contribution is -2.38. The Morgan fingerprint density at radius 2 is 1.72 bits per heavy atom. The van der Waals surface area contributed by atoms with E-state index in [0.29, 0.717) is 23.9 Å². The third kappa shape index (κ3) is 4.73. The molecule has 0 bridgehead atoms. The van der Waals surface area contributed by atoms with Crippen molar-refractivity contribution in [3.63, 3.8) is 0 Å². The number of esters is 1. The zero-order valence-electron chi connectivity index (χ0n) is 13.6. The van der Waals surface area contributed by atoms with Crippen molar-refractivity contribution in [3.8, 4) is 5.75 Å². The van der Waals surface area contributed by atoms with E-state index in [1.54, 1.807) is 29.2 Å². The second-order valence-electron chi connectivity index (χ2n) is 5.74. The third-order valence-electron chi connectivity index (χ3n) is 4.01. The third-order valence-corrected chi connectivity index (χ3v) is 4.26. The number of hydrogen-bond donors (Lipinski definition) is 0. The summed E-state index contributed by atoms with van der Waals surface area (Å²) in [4.78, 5) is 25.6. The molecule has 130 valence electrons. The van der Waals surface area contributed by atoms with Gasteiger partial charge in [-0.1, -0.05) is 35.9 Å². The molecule has 0 unspecified atom stereocenters. The first kappa shape index (κ1) is 17.3. The molecule has 1 amide bonds. The predicted molar refractivity (Wildman–Crippen MR) is 93.5 cm³/mol. The van der Waals surface area contributed by atoms with Gasteiger partial charge in [0.25, 0.3) is 5.91 Å². The molecule has 0 aromatic heterocycles. The zero-order chi connectivity index (χ0) is 17.6. The molecule has 0 N–H and O–H groups in total. The predicted octanol–water partition coefficient (Wildman–Crippen LogP) is 2.85. The number of amides is 1. The minimum atomic E-state index is -0.583. The number of nitrogens with zero attached hydrogens (tertiary/aromatic N) is 1. The number of rotatable bonds is 5. The number of benzene rings is 2. The maximum absolute atomic E-state index is 12.2. The van der Waals surface area contributed by atoms with Gasteiger partial charge in [0.2, 0.25) is 0 Å². The average Bonchev–Trinajstić information content (AvgIpc) is 2.65. The van der Waals surface area contributed by atoms with Gasteiger partial charge in [-0.2, -0.15) is 0 Å². The van der Waals surface area contributed by atoms with Crippen molar-refractivity contribution < 1.29 is 19.1 Å². The molecule has 25 heavy (non-hydrogen) atoms. The largest absolute Gasteiger partial charge is 0.482 e. The Kier molecular flexibility index (Phi) is 5.56. The first-order valence-electron chi connectivity index (χ1n) is 8.00. The summed E-state index contributed by atoms with van der Waals surface area (Å²) in [5, 5.41) is 0.587. The second kappa shape index (κ2) is 8.03. The fourth-order valence-corrected chi connectivity index (χ4v) is 2.78. The summed E-state index contributed by atoms with van der Waals surface area (Å²) in [6.45, 7) is 0.658. The Morgan fingerprint density at radius 1 is 1.00 bits per heavy atom. The summed E-state index contributed by atoms with van der Waals surface area (Å²) in [5.41, 5.74) is 2.40. The van der Waals surface area contributed by atoms with E-state index >= 15 is 0 Å². The van der Waals surface area contributed by atoms with Crippen LogP contribution in [0.5, 0.6) is 5.75 Å². The molecule has 2 aromatic rings. The van der Waals surface area contributed by atoms with Crippen LogP contribution in [0.3, 0.4) is 0 Å². The summed E-state index contributed by atoms with van der Waals surface area (Å²) >= 11 is 5.78. The van der Waals surface area contributed by atoms with Crippen LogP contribution in [0.1, 0.15) is 11.1 Å². The van der Waals surface area contributed by atoms with Gasteiger partial charge in [0.1, 0.15) is 5.75 Å². The van der Waals surface area contributed by atoms with Crippen molar-refractivity contribution in [1.29, 1.82) is 0 Å². The molecule has 0 fully saturated rings. The molecule has 0 aliphatic carbocycles. The monoisotopic (exact) mass is 359 g/mol. The SMILES string of the molecule is O=C(COc1ccc(Cl)cc1)OCC(=O)N1CCc2ccccc2C1. The lowest BCUT2D eigenvalue weighted by molar-refractivity contribution is -0.154. The smallest absolute Gasteiger partial charge is 0.344 e. The van der Waals surface area contributed by atoms with Gasteiger partial charge in [0, 0.05) is 18.1 Å². The van der Waals surface area contributed by atoms with E-state index in [1.165, 1.54) is 5.56 Å². The van der Waals surface area contributed by atoms with Crippen molar-refractivity contribution in [1.82, 2.24) is 4.90 Å². The Hall–Kier alpha value is -2.53. The summed E-state index contributed by atoms with van der Waals surface area (Å²) in [6.07, 6.45) is 0.815. The maximum atomic E-state index is 12.2. The van der Waals surface area contributed by atoms with Crippen molar-refractivity contribution in [2.45, 2.75) is 13.0 Å².